The highest BCUT2D eigenvalue weighted by Crippen LogP contribution is 2.21. The second-order valence-electron chi connectivity index (χ2n) is 6.63. The molecule has 0 aromatic rings. The molecule has 3 aliphatic rings. The zero-order valence-electron chi connectivity index (χ0n) is 12.0. The Kier molecular flexibility index (Phi) is 3.89. The van der Waals surface area contributed by atoms with Crippen LogP contribution in [-0.4, -0.2) is 98.6 Å². The van der Waals surface area contributed by atoms with Gasteiger partial charge in [-0.25, -0.2) is 0 Å². The van der Waals surface area contributed by atoms with E-state index >= 15 is 0 Å². The van der Waals surface area contributed by atoms with E-state index in [-0.39, 0.29) is 0 Å². The van der Waals surface area contributed by atoms with Crippen LogP contribution in [0.3, 0.4) is 0 Å². The quantitative estimate of drug-likeness (QED) is 0.694. The molecule has 0 saturated carbocycles. The zero-order valence-corrected chi connectivity index (χ0v) is 12.0. The van der Waals surface area contributed by atoms with Gasteiger partial charge >= 0.3 is 0 Å². The van der Waals surface area contributed by atoms with Gasteiger partial charge < -0.3 is 9.80 Å². The Morgan fingerprint density at radius 2 is 1.56 bits per heavy atom. The maximum atomic E-state index is 2.71. The largest absolute Gasteiger partial charge is 0.306 e. The van der Waals surface area contributed by atoms with Gasteiger partial charge in [-0.15, -0.1) is 0 Å². The first-order chi connectivity index (χ1) is 8.70. The highest BCUT2D eigenvalue weighted by molar-refractivity contribution is 4.91. The third kappa shape index (κ3) is 2.87. The van der Waals surface area contributed by atoms with Gasteiger partial charge in [0.2, 0.25) is 0 Å². The van der Waals surface area contributed by atoms with Crippen molar-refractivity contribution in [2.45, 2.75) is 12.5 Å². The van der Waals surface area contributed by atoms with Crippen molar-refractivity contribution in [2.75, 3.05) is 73.0 Å². The van der Waals surface area contributed by atoms with Crippen LogP contribution < -0.4 is 0 Å². The van der Waals surface area contributed by atoms with Crippen LogP contribution in [0.4, 0.5) is 0 Å². The van der Waals surface area contributed by atoms with Crippen molar-refractivity contribution in [3.63, 3.8) is 0 Å². The second-order valence-corrected chi connectivity index (χ2v) is 6.63. The Morgan fingerprint density at radius 3 is 2.17 bits per heavy atom. The molecule has 4 nitrogen and oxygen atoms in total. The van der Waals surface area contributed by atoms with E-state index in [1.54, 1.807) is 0 Å². The topological polar surface area (TPSA) is 13.0 Å². The minimum atomic E-state index is 0.859. The maximum Gasteiger partial charge on any atom is 0.0351 e. The lowest BCUT2D eigenvalue weighted by molar-refractivity contribution is 0.00298. The van der Waals surface area contributed by atoms with Crippen molar-refractivity contribution in [1.29, 1.82) is 0 Å². The van der Waals surface area contributed by atoms with Crippen LogP contribution in [0.2, 0.25) is 0 Å². The summed E-state index contributed by atoms with van der Waals surface area (Å²) in [4.78, 5) is 10.3. The SMILES string of the molecule is CN1CCN(C2CN(CC3CCN(C)C3)C2)CC1. The summed E-state index contributed by atoms with van der Waals surface area (Å²) in [6.45, 7) is 11.7. The van der Waals surface area contributed by atoms with Crippen LogP contribution in [-0.2, 0) is 0 Å². The predicted octanol–water partition coefficient (Wildman–Crippen LogP) is -0.130. The van der Waals surface area contributed by atoms with Crippen molar-refractivity contribution in [1.82, 2.24) is 19.6 Å². The number of piperazine rings is 1. The van der Waals surface area contributed by atoms with Gasteiger partial charge in [-0.1, -0.05) is 0 Å². The van der Waals surface area contributed by atoms with Crippen LogP contribution in [0, 0.1) is 5.92 Å². The molecule has 0 aliphatic carbocycles. The first kappa shape index (κ1) is 12.9. The normalized spacial score (nSPS) is 34.0. The predicted molar refractivity (Wildman–Crippen MR) is 74.9 cm³/mol. The lowest BCUT2D eigenvalue weighted by Gasteiger charge is -2.48. The van der Waals surface area contributed by atoms with Gasteiger partial charge in [-0.3, -0.25) is 9.80 Å². The van der Waals surface area contributed by atoms with Crippen molar-refractivity contribution >= 4 is 0 Å². The molecular formula is C14H28N4. The summed E-state index contributed by atoms with van der Waals surface area (Å²) in [6.07, 6.45) is 1.41. The van der Waals surface area contributed by atoms with E-state index in [1.165, 1.54) is 65.3 Å². The molecule has 3 saturated heterocycles. The molecule has 3 rings (SSSR count). The Bertz CT molecular complexity index is 269. The average Bonchev–Trinajstić information content (AvgIpc) is 2.71. The van der Waals surface area contributed by atoms with E-state index in [9.17, 15) is 0 Å². The summed E-state index contributed by atoms with van der Waals surface area (Å²) >= 11 is 0. The first-order valence-electron chi connectivity index (χ1n) is 7.54. The first-order valence-corrected chi connectivity index (χ1v) is 7.54. The molecule has 0 bridgehead atoms. The van der Waals surface area contributed by atoms with Crippen LogP contribution in [0.5, 0.6) is 0 Å². The number of hydrogen-bond donors (Lipinski definition) is 0. The smallest absolute Gasteiger partial charge is 0.0351 e. The van der Waals surface area contributed by atoms with E-state index in [2.05, 4.69) is 33.7 Å². The molecule has 0 aromatic heterocycles. The summed E-state index contributed by atoms with van der Waals surface area (Å²) in [5, 5.41) is 0. The molecule has 0 N–H and O–H groups in total. The summed E-state index contributed by atoms with van der Waals surface area (Å²) in [6, 6.07) is 0.859. The number of nitrogens with zero attached hydrogens (tertiary/aromatic N) is 4. The Morgan fingerprint density at radius 1 is 0.833 bits per heavy atom. The minimum absolute atomic E-state index is 0.859. The molecule has 0 aromatic carbocycles. The van der Waals surface area contributed by atoms with Gasteiger partial charge in [-0.05, 0) is 33.0 Å². The fourth-order valence-electron chi connectivity index (χ4n) is 3.65. The summed E-state index contributed by atoms with van der Waals surface area (Å²) in [5.74, 6) is 0.934. The molecule has 0 radical (unpaired) electrons. The van der Waals surface area contributed by atoms with Crippen LogP contribution in [0.25, 0.3) is 0 Å². The summed E-state index contributed by atoms with van der Waals surface area (Å²) in [5.41, 5.74) is 0. The lowest BCUT2D eigenvalue weighted by Crippen LogP contribution is -2.63. The van der Waals surface area contributed by atoms with Crippen molar-refractivity contribution in [2.24, 2.45) is 5.92 Å². The Balaban J connectivity index is 1.36. The fourth-order valence-corrected chi connectivity index (χ4v) is 3.65. The molecule has 0 spiro atoms. The maximum absolute atomic E-state index is 2.71. The molecule has 0 amide bonds. The van der Waals surface area contributed by atoms with Crippen molar-refractivity contribution in [3.8, 4) is 0 Å². The molecule has 1 atom stereocenters. The highest BCUT2D eigenvalue weighted by Gasteiger charge is 2.34. The molecular weight excluding hydrogens is 224 g/mol. The van der Waals surface area contributed by atoms with Gasteiger partial charge in [0.1, 0.15) is 0 Å². The fraction of sp³-hybridized carbons (Fsp3) is 1.00. The standard InChI is InChI=1S/C14H28N4/c1-15-5-7-18(8-6-15)14-11-17(12-14)10-13-3-4-16(2)9-13/h13-14H,3-12H2,1-2H3. The van der Waals surface area contributed by atoms with Gasteiger partial charge in [-0.2, -0.15) is 0 Å². The summed E-state index contributed by atoms with van der Waals surface area (Å²) in [7, 11) is 4.49. The van der Waals surface area contributed by atoms with E-state index in [0.29, 0.717) is 0 Å². The van der Waals surface area contributed by atoms with Crippen LogP contribution in [0.1, 0.15) is 6.42 Å². The average molecular weight is 252 g/mol. The number of hydrogen-bond acceptors (Lipinski definition) is 4. The van der Waals surface area contributed by atoms with Crippen molar-refractivity contribution in [3.05, 3.63) is 0 Å². The molecule has 4 heteroatoms. The van der Waals surface area contributed by atoms with E-state index in [4.69, 9.17) is 0 Å². The lowest BCUT2D eigenvalue weighted by atomic mass is 10.0. The zero-order chi connectivity index (χ0) is 12.5. The second kappa shape index (κ2) is 5.45. The van der Waals surface area contributed by atoms with E-state index < -0.39 is 0 Å². The number of rotatable bonds is 3. The highest BCUT2D eigenvalue weighted by atomic mass is 15.3. The third-order valence-electron chi connectivity index (χ3n) is 5.00. The Hall–Kier alpha value is -0.160. The molecule has 3 aliphatic heterocycles. The third-order valence-corrected chi connectivity index (χ3v) is 5.00. The molecule has 3 fully saturated rings. The molecule has 3 heterocycles. The van der Waals surface area contributed by atoms with Gasteiger partial charge in [0, 0.05) is 58.4 Å². The molecule has 104 valence electrons. The Labute approximate surface area is 112 Å². The monoisotopic (exact) mass is 252 g/mol. The van der Waals surface area contributed by atoms with E-state index in [1.807, 2.05) is 0 Å². The minimum Gasteiger partial charge on any atom is -0.306 e. The van der Waals surface area contributed by atoms with Crippen LogP contribution >= 0.6 is 0 Å². The molecule has 18 heavy (non-hydrogen) atoms. The molecule has 1 unspecified atom stereocenters. The number of likely N-dealkylation sites (N-methyl/N-ethyl adjacent to an activating group) is 1. The van der Waals surface area contributed by atoms with Gasteiger partial charge in [0.25, 0.3) is 0 Å². The van der Waals surface area contributed by atoms with Crippen LogP contribution in [0.15, 0.2) is 0 Å². The van der Waals surface area contributed by atoms with Gasteiger partial charge in [0.05, 0.1) is 0 Å². The number of likely N-dealkylation sites (tertiary alicyclic amines) is 2. The summed E-state index contributed by atoms with van der Waals surface area (Å²) < 4.78 is 0. The van der Waals surface area contributed by atoms with Crippen molar-refractivity contribution < 1.29 is 0 Å². The van der Waals surface area contributed by atoms with E-state index in [0.717, 1.165) is 12.0 Å². The van der Waals surface area contributed by atoms with Gasteiger partial charge in [0.15, 0.2) is 0 Å².